The zero-order valence-electron chi connectivity index (χ0n) is 18.1. The Balaban J connectivity index is 2.07. The minimum Gasteiger partial charge on any atom is -0.465 e. The summed E-state index contributed by atoms with van der Waals surface area (Å²) in [5, 5.41) is 0. The van der Waals surface area contributed by atoms with Crippen LogP contribution in [0, 0.1) is 0 Å². The standard InChI is InChI=1S/C22H24F4N2O4S/c1-3-14-4-5-15(21(29)32-2)12-20(14)33(30,31)27-18-13-16(22(24,25)26)6-7-19(18)28-10-8-17(23)9-11-28/h4-7,12-13,17,27H,3,8-11H2,1-2H3. The van der Waals surface area contributed by atoms with Gasteiger partial charge in [0.25, 0.3) is 10.0 Å². The Hall–Kier alpha value is -2.82. The average molecular weight is 489 g/mol. The number of benzene rings is 2. The predicted octanol–water partition coefficient (Wildman–Crippen LogP) is 4.79. The Bertz CT molecular complexity index is 1130. The molecule has 1 saturated heterocycles. The zero-order chi connectivity index (χ0) is 24.4. The summed E-state index contributed by atoms with van der Waals surface area (Å²) in [5.41, 5.74) is -0.706. The number of esters is 1. The molecule has 1 heterocycles. The molecule has 2 aromatic carbocycles. The number of methoxy groups -OCH3 is 1. The normalized spacial score (nSPS) is 15.4. The zero-order valence-corrected chi connectivity index (χ0v) is 18.9. The number of aryl methyl sites for hydroxylation is 1. The molecule has 1 aliphatic heterocycles. The van der Waals surface area contributed by atoms with Crippen molar-refractivity contribution in [3.8, 4) is 0 Å². The molecule has 1 N–H and O–H groups in total. The van der Waals surface area contributed by atoms with Crippen molar-refractivity contribution in [1.82, 2.24) is 0 Å². The molecule has 0 saturated carbocycles. The highest BCUT2D eigenvalue weighted by atomic mass is 32.2. The van der Waals surface area contributed by atoms with Crippen LogP contribution in [0.25, 0.3) is 0 Å². The van der Waals surface area contributed by atoms with Crippen LogP contribution in [0.1, 0.15) is 41.3 Å². The molecule has 0 amide bonds. The van der Waals surface area contributed by atoms with E-state index in [1.54, 1.807) is 11.8 Å². The number of ether oxygens (including phenoxy) is 1. The third-order valence-electron chi connectivity index (χ3n) is 5.49. The summed E-state index contributed by atoms with van der Waals surface area (Å²) in [4.78, 5) is 13.3. The van der Waals surface area contributed by atoms with Crippen LogP contribution in [-0.2, 0) is 27.4 Å². The molecule has 0 radical (unpaired) electrons. The van der Waals surface area contributed by atoms with E-state index in [0.29, 0.717) is 12.0 Å². The number of alkyl halides is 4. The van der Waals surface area contributed by atoms with Crippen LogP contribution in [0.4, 0.5) is 28.9 Å². The van der Waals surface area contributed by atoms with E-state index in [1.165, 1.54) is 18.2 Å². The second-order valence-corrected chi connectivity index (χ2v) is 9.32. The molecule has 0 spiro atoms. The van der Waals surface area contributed by atoms with Crippen LogP contribution in [0.15, 0.2) is 41.3 Å². The topological polar surface area (TPSA) is 75.7 Å². The summed E-state index contributed by atoms with van der Waals surface area (Å²) in [6.45, 7) is 2.18. The number of carbonyl (C=O) groups excluding carboxylic acids is 1. The average Bonchev–Trinajstić information content (AvgIpc) is 2.78. The fraction of sp³-hybridized carbons (Fsp3) is 0.409. The highest BCUT2D eigenvalue weighted by Gasteiger charge is 2.33. The fourth-order valence-electron chi connectivity index (χ4n) is 3.70. The van der Waals surface area contributed by atoms with Gasteiger partial charge >= 0.3 is 12.1 Å². The van der Waals surface area contributed by atoms with Crippen LogP contribution in [0.2, 0.25) is 0 Å². The summed E-state index contributed by atoms with van der Waals surface area (Å²) in [7, 11) is -3.23. The van der Waals surface area contributed by atoms with E-state index in [9.17, 15) is 30.8 Å². The first-order valence-electron chi connectivity index (χ1n) is 10.3. The molecule has 6 nitrogen and oxygen atoms in total. The van der Waals surface area contributed by atoms with Crippen molar-refractivity contribution in [2.24, 2.45) is 0 Å². The summed E-state index contributed by atoms with van der Waals surface area (Å²) in [5.74, 6) is -0.747. The van der Waals surface area contributed by atoms with Gasteiger partial charge in [0, 0.05) is 13.1 Å². The van der Waals surface area contributed by atoms with E-state index < -0.39 is 33.9 Å². The molecular formula is C22H24F4N2O4S. The molecule has 180 valence electrons. The number of anilines is 2. The lowest BCUT2D eigenvalue weighted by molar-refractivity contribution is -0.137. The summed E-state index contributed by atoms with van der Waals surface area (Å²) >= 11 is 0. The monoisotopic (exact) mass is 488 g/mol. The van der Waals surface area contributed by atoms with Gasteiger partial charge in [-0.15, -0.1) is 0 Å². The number of halogens is 4. The van der Waals surface area contributed by atoms with Crippen LogP contribution in [-0.4, -0.2) is 40.8 Å². The van der Waals surface area contributed by atoms with Gasteiger partial charge in [-0.25, -0.2) is 17.6 Å². The molecule has 0 atom stereocenters. The number of rotatable bonds is 6. The summed E-state index contributed by atoms with van der Waals surface area (Å²) in [6, 6.07) is 6.79. The Morgan fingerprint density at radius 1 is 1.15 bits per heavy atom. The lowest BCUT2D eigenvalue weighted by Crippen LogP contribution is -2.35. The molecule has 3 rings (SSSR count). The van der Waals surface area contributed by atoms with Gasteiger partial charge in [-0.2, -0.15) is 13.2 Å². The molecule has 0 aliphatic carbocycles. The van der Waals surface area contributed by atoms with Crippen LogP contribution < -0.4 is 9.62 Å². The minimum absolute atomic E-state index is 0.00985. The van der Waals surface area contributed by atoms with Crippen LogP contribution in [0.5, 0.6) is 0 Å². The minimum atomic E-state index is -4.69. The highest BCUT2D eigenvalue weighted by Crippen LogP contribution is 2.37. The Kier molecular flexibility index (Phi) is 7.20. The first kappa shape index (κ1) is 24.8. The van der Waals surface area contributed by atoms with Gasteiger partial charge in [0.1, 0.15) is 6.17 Å². The second-order valence-electron chi connectivity index (χ2n) is 7.66. The Morgan fingerprint density at radius 3 is 2.39 bits per heavy atom. The van der Waals surface area contributed by atoms with Crippen LogP contribution >= 0.6 is 0 Å². The van der Waals surface area contributed by atoms with Crippen molar-refractivity contribution in [3.63, 3.8) is 0 Å². The maximum atomic E-state index is 13.6. The van der Waals surface area contributed by atoms with Crippen molar-refractivity contribution in [1.29, 1.82) is 0 Å². The maximum Gasteiger partial charge on any atom is 0.416 e. The number of nitrogens with one attached hydrogen (secondary N) is 1. The van der Waals surface area contributed by atoms with E-state index in [-0.39, 0.29) is 47.8 Å². The Labute approximate surface area is 189 Å². The summed E-state index contributed by atoms with van der Waals surface area (Å²) < 4.78 is 87.1. The number of hydrogen-bond acceptors (Lipinski definition) is 5. The molecule has 1 fully saturated rings. The lowest BCUT2D eigenvalue weighted by Gasteiger charge is -2.32. The van der Waals surface area contributed by atoms with E-state index in [0.717, 1.165) is 25.3 Å². The molecule has 0 unspecified atom stereocenters. The smallest absolute Gasteiger partial charge is 0.416 e. The van der Waals surface area contributed by atoms with E-state index >= 15 is 0 Å². The molecule has 11 heteroatoms. The SMILES string of the molecule is CCc1ccc(C(=O)OC)cc1S(=O)(=O)Nc1cc(C(F)(F)F)ccc1N1CCC(F)CC1. The molecule has 2 aromatic rings. The van der Waals surface area contributed by atoms with Crippen molar-refractivity contribution in [2.75, 3.05) is 29.8 Å². The van der Waals surface area contributed by atoms with Crippen molar-refractivity contribution in [3.05, 3.63) is 53.1 Å². The van der Waals surface area contributed by atoms with Crippen molar-refractivity contribution in [2.45, 2.75) is 43.4 Å². The fourth-order valence-corrected chi connectivity index (χ4v) is 5.10. The van der Waals surface area contributed by atoms with Gasteiger partial charge in [-0.1, -0.05) is 13.0 Å². The lowest BCUT2D eigenvalue weighted by atomic mass is 10.1. The van der Waals surface area contributed by atoms with Crippen molar-refractivity contribution < 1.29 is 35.5 Å². The van der Waals surface area contributed by atoms with Gasteiger partial charge in [0.15, 0.2) is 0 Å². The quantitative estimate of drug-likeness (QED) is 0.467. The van der Waals surface area contributed by atoms with Gasteiger partial charge in [0.2, 0.25) is 0 Å². The highest BCUT2D eigenvalue weighted by molar-refractivity contribution is 7.92. The number of hydrogen-bond donors (Lipinski definition) is 1. The maximum absolute atomic E-state index is 13.6. The van der Waals surface area contributed by atoms with Crippen LogP contribution in [0.3, 0.4) is 0 Å². The Morgan fingerprint density at radius 2 is 1.82 bits per heavy atom. The second kappa shape index (κ2) is 9.58. The predicted molar refractivity (Wildman–Crippen MR) is 116 cm³/mol. The van der Waals surface area contributed by atoms with E-state index in [2.05, 4.69) is 9.46 Å². The van der Waals surface area contributed by atoms with Gasteiger partial charge < -0.3 is 9.64 Å². The molecule has 1 aliphatic rings. The van der Waals surface area contributed by atoms with Gasteiger partial charge in [0.05, 0.1) is 34.5 Å². The number of nitrogens with zero attached hydrogens (tertiary/aromatic N) is 1. The first-order valence-corrected chi connectivity index (χ1v) is 11.8. The third kappa shape index (κ3) is 5.58. The van der Waals surface area contributed by atoms with Gasteiger partial charge in [-0.05, 0) is 55.2 Å². The molecule has 33 heavy (non-hydrogen) atoms. The number of sulfonamides is 1. The first-order chi connectivity index (χ1) is 15.5. The molecule has 0 aromatic heterocycles. The largest absolute Gasteiger partial charge is 0.465 e. The summed E-state index contributed by atoms with van der Waals surface area (Å²) in [6.07, 6.45) is -5.02. The van der Waals surface area contributed by atoms with E-state index in [1.807, 2.05) is 0 Å². The van der Waals surface area contributed by atoms with E-state index in [4.69, 9.17) is 0 Å². The third-order valence-corrected chi connectivity index (χ3v) is 6.94. The molecule has 0 bridgehead atoms. The molecular weight excluding hydrogens is 464 g/mol. The van der Waals surface area contributed by atoms with Gasteiger partial charge in [-0.3, -0.25) is 4.72 Å². The van der Waals surface area contributed by atoms with Crippen molar-refractivity contribution >= 4 is 27.4 Å². The number of carbonyl (C=O) groups is 1. The number of piperidine rings is 1.